The summed E-state index contributed by atoms with van der Waals surface area (Å²) < 4.78 is 69.2. The molecular weight excluding hydrogens is 1470 g/mol. The van der Waals surface area contributed by atoms with E-state index < -0.39 is 97.5 Å². The smallest absolute Gasteiger partial charge is 0.462 e. The molecule has 0 aliphatic heterocycles. The molecule has 0 rings (SSSR count). The van der Waals surface area contributed by atoms with E-state index in [1.54, 1.807) is 0 Å². The standard InChI is InChI=1S/C95H186O17P2/c1-8-12-13-14-15-16-17-18-19-20-27-33-38-43-48-57-64-71-79-95(100)112-91(83-106-93(98)77-70-63-56-51-50-54-61-68-75-88(7)11-4)85-110-114(103,104)108-81-89(96)80-107-113(101,102)109-84-90(111-94(99)78-72-65-58-49-44-39-34-29-24-22-26-31-36-41-46-53-60-67-74-87(6)10-3)82-105-92(97)76-69-62-55-47-42-37-32-28-23-21-25-30-35-40-45-52-59-66-73-86(5)9-2/h86-91,96H,8-85H2,1-7H3,(H,101,102)(H,103,104)/t86?,87?,88?,89-,90-,91-/m1/s1. The molecule has 0 aromatic carbocycles. The molecule has 0 aliphatic carbocycles. The fraction of sp³-hybridized carbons (Fsp3) is 0.958. The van der Waals surface area contributed by atoms with Gasteiger partial charge in [-0.1, -0.05) is 459 Å². The summed E-state index contributed by atoms with van der Waals surface area (Å²) in [6.45, 7) is 12.2. The number of esters is 4. The number of carbonyl (C=O) groups is 4. The second-order valence-electron chi connectivity index (χ2n) is 34.8. The lowest BCUT2D eigenvalue weighted by atomic mass is 9.99. The SMILES string of the molecule is CCCCCCCCCCCCCCCCCCCCC(=O)O[C@H](COC(=O)CCCCCCCCCCC(C)CC)COP(=O)(O)OC[C@H](O)COP(=O)(O)OC[C@@H](COC(=O)CCCCCCCCCCCCCCCCCCCCC(C)CC)OC(=O)CCCCCCCCCCCCCCCCCCCCC(C)CC. The van der Waals surface area contributed by atoms with Gasteiger partial charge in [-0.3, -0.25) is 37.3 Å². The molecule has 114 heavy (non-hydrogen) atoms. The molecule has 5 unspecified atom stereocenters. The van der Waals surface area contributed by atoms with Crippen molar-refractivity contribution >= 4 is 39.5 Å². The number of carbonyl (C=O) groups excluding carboxylic acids is 4. The van der Waals surface area contributed by atoms with Gasteiger partial charge in [0, 0.05) is 25.7 Å². The Morgan fingerprint density at radius 3 is 0.623 bits per heavy atom. The number of ether oxygens (including phenoxy) is 4. The van der Waals surface area contributed by atoms with Gasteiger partial charge in [-0.25, -0.2) is 9.13 Å². The van der Waals surface area contributed by atoms with E-state index in [1.165, 1.54) is 321 Å². The Labute approximate surface area is 702 Å². The first kappa shape index (κ1) is 112. The lowest BCUT2D eigenvalue weighted by Gasteiger charge is -2.21. The van der Waals surface area contributed by atoms with E-state index in [0.717, 1.165) is 108 Å². The minimum absolute atomic E-state index is 0.108. The van der Waals surface area contributed by atoms with Crippen LogP contribution in [-0.4, -0.2) is 96.7 Å². The Morgan fingerprint density at radius 1 is 0.246 bits per heavy atom. The Hall–Kier alpha value is -1.94. The molecule has 678 valence electrons. The molecule has 0 fully saturated rings. The molecule has 0 saturated heterocycles. The second kappa shape index (κ2) is 84.7. The molecule has 0 saturated carbocycles. The molecule has 0 bridgehead atoms. The van der Waals surface area contributed by atoms with E-state index in [1.807, 2.05) is 0 Å². The molecule has 0 aromatic rings. The topological polar surface area (TPSA) is 237 Å². The number of hydrogen-bond donors (Lipinski definition) is 3. The van der Waals surface area contributed by atoms with Crippen LogP contribution in [0.1, 0.15) is 511 Å². The Bertz CT molecular complexity index is 2190. The van der Waals surface area contributed by atoms with Crippen molar-refractivity contribution in [2.24, 2.45) is 17.8 Å². The average molecular weight is 1660 g/mol. The molecule has 19 heteroatoms. The highest BCUT2D eigenvalue weighted by Gasteiger charge is 2.31. The zero-order valence-corrected chi connectivity index (χ0v) is 77.4. The maximum absolute atomic E-state index is 13.2. The van der Waals surface area contributed by atoms with Crippen molar-refractivity contribution in [3.8, 4) is 0 Å². The molecule has 0 radical (unpaired) electrons. The van der Waals surface area contributed by atoms with E-state index in [9.17, 15) is 43.2 Å². The number of phosphoric ester groups is 2. The maximum atomic E-state index is 13.2. The third-order valence-corrected chi connectivity index (χ3v) is 25.4. The quantitative estimate of drug-likeness (QED) is 0.0222. The van der Waals surface area contributed by atoms with E-state index in [4.69, 9.17) is 37.0 Å². The van der Waals surface area contributed by atoms with Crippen molar-refractivity contribution in [3.63, 3.8) is 0 Å². The number of unbranched alkanes of at least 4 members (excludes halogenated alkanes) is 58. The Morgan fingerprint density at radius 2 is 0.421 bits per heavy atom. The zero-order valence-electron chi connectivity index (χ0n) is 75.6. The lowest BCUT2D eigenvalue weighted by Crippen LogP contribution is -2.30. The molecule has 17 nitrogen and oxygen atoms in total. The van der Waals surface area contributed by atoms with Gasteiger partial charge >= 0.3 is 39.5 Å². The highest BCUT2D eigenvalue weighted by molar-refractivity contribution is 7.47. The molecule has 0 aliphatic rings. The highest BCUT2D eigenvalue weighted by atomic mass is 31.2. The fourth-order valence-electron chi connectivity index (χ4n) is 14.9. The first-order valence-corrected chi connectivity index (χ1v) is 52.0. The summed E-state index contributed by atoms with van der Waals surface area (Å²) in [6, 6.07) is 0. The van der Waals surface area contributed by atoms with Crippen LogP contribution in [0.5, 0.6) is 0 Å². The summed E-state index contributed by atoms with van der Waals surface area (Å²) in [5.41, 5.74) is 0. The third-order valence-electron chi connectivity index (χ3n) is 23.5. The van der Waals surface area contributed by atoms with Gasteiger partial charge in [0.2, 0.25) is 0 Å². The van der Waals surface area contributed by atoms with Gasteiger partial charge in [0.15, 0.2) is 12.2 Å². The van der Waals surface area contributed by atoms with Gasteiger partial charge in [-0.2, -0.15) is 0 Å². The largest absolute Gasteiger partial charge is 0.472 e. The van der Waals surface area contributed by atoms with E-state index in [2.05, 4.69) is 48.5 Å². The number of hydrogen-bond acceptors (Lipinski definition) is 15. The molecule has 3 N–H and O–H groups in total. The monoisotopic (exact) mass is 1660 g/mol. The predicted molar refractivity (Wildman–Crippen MR) is 474 cm³/mol. The molecule has 0 heterocycles. The molecule has 0 spiro atoms. The minimum atomic E-state index is -4.97. The first-order valence-electron chi connectivity index (χ1n) is 49.0. The molecular formula is C95H186O17P2. The van der Waals surface area contributed by atoms with Gasteiger partial charge in [0.25, 0.3) is 0 Å². The van der Waals surface area contributed by atoms with Crippen LogP contribution in [0.2, 0.25) is 0 Å². The second-order valence-corrected chi connectivity index (χ2v) is 37.7. The summed E-state index contributed by atoms with van der Waals surface area (Å²) in [7, 11) is -9.94. The zero-order chi connectivity index (χ0) is 83.6. The van der Waals surface area contributed by atoms with Gasteiger partial charge in [-0.05, 0) is 43.4 Å². The van der Waals surface area contributed by atoms with Crippen LogP contribution in [0.4, 0.5) is 0 Å². The van der Waals surface area contributed by atoms with Crippen LogP contribution in [-0.2, 0) is 65.4 Å². The van der Waals surface area contributed by atoms with E-state index in [-0.39, 0.29) is 25.7 Å². The first-order chi connectivity index (χ1) is 55.3. The maximum Gasteiger partial charge on any atom is 0.472 e. The summed E-state index contributed by atoms with van der Waals surface area (Å²) in [5.74, 6) is 0.428. The molecule has 8 atom stereocenters. The van der Waals surface area contributed by atoms with Crippen LogP contribution >= 0.6 is 15.6 Å². The minimum Gasteiger partial charge on any atom is -0.462 e. The number of phosphoric acid groups is 2. The number of aliphatic hydroxyl groups excluding tert-OH is 1. The number of rotatable bonds is 93. The van der Waals surface area contributed by atoms with Gasteiger partial charge in [0.1, 0.15) is 19.3 Å². The molecule has 0 amide bonds. The summed E-state index contributed by atoms with van der Waals surface area (Å²) in [5, 5.41) is 10.7. The van der Waals surface area contributed by atoms with E-state index >= 15 is 0 Å². The van der Waals surface area contributed by atoms with Crippen LogP contribution in [0, 0.1) is 17.8 Å². The molecule has 0 aromatic heterocycles. The summed E-state index contributed by atoms with van der Waals surface area (Å²) in [6.07, 6.45) is 79.1. The van der Waals surface area contributed by atoms with E-state index in [0.29, 0.717) is 25.7 Å². The average Bonchev–Trinajstić information content (AvgIpc) is 0.896. The number of aliphatic hydroxyl groups is 1. The lowest BCUT2D eigenvalue weighted by molar-refractivity contribution is -0.161. The summed E-state index contributed by atoms with van der Waals surface area (Å²) in [4.78, 5) is 73.6. The van der Waals surface area contributed by atoms with Crippen molar-refractivity contribution in [2.75, 3.05) is 39.6 Å². The van der Waals surface area contributed by atoms with Crippen molar-refractivity contribution in [1.82, 2.24) is 0 Å². The van der Waals surface area contributed by atoms with Gasteiger partial charge in [-0.15, -0.1) is 0 Å². The third kappa shape index (κ3) is 83.7. The highest BCUT2D eigenvalue weighted by Crippen LogP contribution is 2.45. The Balaban J connectivity index is 5.25. The van der Waals surface area contributed by atoms with Crippen molar-refractivity contribution in [3.05, 3.63) is 0 Å². The van der Waals surface area contributed by atoms with Crippen molar-refractivity contribution in [2.45, 2.75) is 529 Å². The van der Waals surface area contributed by atoms with Crippen LogP contribution in [0.15, 0.2) is 0 Å². The predicted octanol–water partition coefficient (Wildman–Crippen LogP) is 29.6. The van der Waals surface area contributed by atoms with Crippen molar-refractivity contribution < 1.29 is 80.2 Å². The van der Waals surface area contributed by atoms with Crippen LogP contribution < -0.4 is 0 Å². The normalized spacial score (nSPS) is 14.4. The van der Waals surface area contributed by atoms with Crippen LogP contribution in [0.25, 0.3) is 0 Å². The van der Waals surface area contributed by atoms with Gasteiger partial charge < -0.3 is 33.8 Å². The summed E-state index contributed by atoms with van der Waals surface area (Å²) >= 11 is 0. The Kier molecular flexibility index (Phi) is 83.2. The van der Waals surface area contributed by atoms with Crippen molar-refractivity contribution in [1.29, 1.82) is 0 Å². The fourth-order valence-corrected chi connectivity index (χ4v) is 16.4. The van der Waals surface area contributed by atoms with Gasteiger partial charge in [0.05, 0.1) is 26.4 Å². The van der Waals surface area contributed by atoms with Crippen LogP contribution in [0.3, 0.4) is 0 Å².